The predicted molar refractivity (Wildman–Crippen MR) is 101 cm³/mol. The van der Waals surface area contributed by atoms with E-state index in [4.69, 9.17) is 14.1 Å². The van der Waals surface area contributed by atoms with Crippen molar-refractivity contribution in [2.24, 2.45) is 28.3 Å². The van der Waals surface area contributed by atoms with Crippen molar-refractivity contribution in [3.05, 3.63) is 23.3 Å². The maximum Gasteiger partial charge on any atom is 0.380 e. The quantitative estimate of drug-likeness (QED) is 0.806. The standard InChI is InChI=1S/C20H27F2NO4S/c1-20-8-7-12-13(15(20)5-6-16(20)19(21)22)4-3-11-9-18(27-28(23,24)25)17(26-2)10-14(11)12/h9-10,12-13,15-16,19H,3-8H2,1-2H3,(H2,23,24,25)/t12-,13+,15-,16+,20-/m0/s1. The van der Waals surface area contributed by atoms with Gasteiger partial charge in [0, 0.05) is 5.92 Å². The molecular formula is C20H27F2NO4S. The van der Waals surface area contributed by atoms with Crippen molar-refractivity contribution >= 4 is 10.3 Å². The molecule has 2 fully saturated rings. The summed E-state index contributed by atoms with van der Waals surface area (Å²) in [4.78, 5) is 0. The zero-order chi connectivity index (χ0) is 20.3. The number of rotatable bonds is 4. The summed E-state index contributed by atoms with van der Waals surface area (Å²) in [5.41, 5.74) is 1.89. The molecule has 0 bridgehead atoms. The Hall–Kier alpha value is -1.41. The SMILES string of the molecule is COc1cc2c(cc1OS(N)(=O)=O)CC[C@@H]1[C@@H]2CC[C@]2(C)[C@@H](C(F)F)CC[C@@H]12. The lowest BCUT2D eigenvalue weighted by atomic mass is 9.54. The number of nitrogens with two attached hydrogens (primary N) is 1. The van der Waals surface area contributed by atoms with E-state index >= 15 is 0 Å². The Morgan fingerprint density at radius 1 is 1.18 bits per heavy atom. The molecule has 3 aliphatic carbocycles. The summed E-state index contributed by atoms with van der Waals surface area (Å²) in [6.07, 6.45) is 2.59. The maximum absolute atomic E-state index is 13.6. The number of alkyl halides is 2. The topological polar surface area (TPSA) is 78.6 Å². The Morgan fingerprint density at radius 3 is 2.57 bits per heavy atom. The Labute approximate surface area is 164 Å². The fourth-order valence-electron chi connectivity index (χ4n) is 6.38. The van der Waals surface area contributed by atoms with Gasteiger partial charge in [-0.15, -0.1) is 0 Å². The Bertz CT molecular complexity index is 875. The molecule has 1 aromatic carbocycles. The molecule has 5 nitrogen and oxygen atoms in total. The van der Waals surface area contributed by atoms with Gasteiger partial charge < -0.3 is 8.92 Å². The zero-order valence-corrected chi connectivity index (χ0v) is 17.0. The van der Waals surface area contributed by atoms with Crippen molar-refractivity contribution in [2.75, 3.05) is 7.11 Å². The van der Waals surface area contributed by atoms with Gasteiger partial charge in [-0.05, 0) is 85.0 Å². The number of fused-ring (bicyclic) bond motifs is 5. The summed E-state index contributed by atoms with van der Waals surface area (Å²) in [5, 5.41) is 5.02. The van der Waals surface area contributed by atoms with Crippen molar-refractivity contribution in [1.82, 2.24) is 0 Å². The molecule has 3 aliphatic rings. The fraction of sp³-hybridized carbons (Fsp3) is 0.700. The lowest BCUT2D eigenvalue weighted by molar-refractivity contribution is -0.0390. The number of hydrogen-bond acceptors (Lipinski definition) is 4. The van der Waals surface area contributed by atoms with E-state index < -0.39 is 22.6 Å². The summed E-state index contributed by atoms with van der Waals surface area (Å²) in [6.45, 7) is 2.07. The molecule has 2 N–H and O–H groups in total. The normalized spacial score (nSPS) is 34.5. The van der Waals surface area contributed by atoms with E-state index in [1.54, 1.807) is 6.07 Å². The first-order valence-electron chi connectivity index (χ1n) is 9.85. The van der Waals surface area contributed by atoms with Crippen molar-refractivity contribution < 1.29 is 26.1 Å². The zero-order valence-electron chi connectivity index (χ0n) is 16.2. The van der Waals surface area contributed by atoms with Crippen LogP contribution in [0.5, 0.6) is 11.5 Å². The summed E-state index contributed by atoms with van der Waals surface area (Å²) >= 11 is 0. The number of hydrogen-bond donors (Lipinski definition) is 1. The van der Waals surface area contributed by atoms with E-state index in [-0.39, 0.29) is 17.1 Å². The van der Waals surface area contributed by atoms with Crippen LogP contribution in [0.4, 0.5) is 8.78 Å². The van der Waals surface area contributed by atoms with Crippen molar-refractivity contribution in [3.63, 3.8) is 0 Å². The van der Waals surface area contributed by atoms with E-state index in [1.165, 1.54) is 7.11 Å². The van der Waals surface area contributed by atoms with Crippen LogP contribution in [0.3, 0.4) is 0 Å². The fourth-order valence-corrected chi connectivity index (χ4v) is 6.76. The molecule has 28 heavy (non-hydrogen) atoms. The third kappa shape index (κ3) is 3.18. The number of methoxy groups -OCH3 is 1. The van der Waals surface area contributed by atoms with Crippen LogP contribution in [0.25, 0.3) is 0 Å². The number of halogens is 2. The monoisotopic (exact) mass is 415 g/mol. The van der Waals surface area contributed by atoms with E-state index in [1.807, 2.05) is 6.07 Å². The average Bonchev–Trinajstić information content (AvgIpc) is 2.97. The average molecular weight is 416 g/mol. The molecular weight excluding hydrogens is 388 g/mol. The summed E-state index contributed by atoms with van der Waals surface area (Å²) in [6, 6.07) is 3.56. The largest absolute Gasteiger partial charge is 0.493 e. The first-order valence-corrected chi connectivity index (χ1v) is 11.3. The van der Waals surface area contributed by atoms with Gasteiger partial charge in [0.15, 0.2) is 11.5 Å². The number of benzene rings is 1. The van der Waals surface area contributed by atoms with Gasteiger partial charge in [0.25, 0.3) is 0 Å². The number of aryl methyl sites for hydroxylation is 1. The first-order chi connectivity index (χ1) is 13.1. The molecule has 0 unspecified atom stereocenters. The van der Waals surface area contributed by atoms with Gasteiger partial charge in [-0.25, -0.2) is 8.78 Å². The van der Waals surface area contributed by atoms with Crippen LogP contribution in [0, 0.1) is 23.2 Å². The third-order valence-corrected chi connectivity index (χ3v) is 8.00. The van der Waals surface area contributed by atoms with Gasteiger partial charge in [-0.3, -0.25) is 0 Å². The molecule has 5 atom stereocenters. The Morgan fingerprint density at radius 2 is 1.93 bits per heavy atom. The molecule has 8 heteroatoms. The molecule has 0 amide bonds. The van der Waals surface area contributed by atoms with E-state index in [2.05, 4.69) is 6.92 Å². The lowest BCUT2D eigenvalue weighted by Gasteiger charge is -2.51. The van der Waals surface area contributed by atoms with Crippen LogP contribution in [-0.2, 0) is 16.7 Å². The van der Waals surface area contributed by atoms with Crippen molar-refractivity contribution in [3.8, 4) is 11.5 Å². The van der Waals surface area contributed by atoms with Gasteiger partial charge in [0.1, 0.15) is 0 Å². The van der Waals surface area contributed by atoms with Crippen LogP contribution in [0.1, 0.15) is 56.1 Å². The second kappa shape index (κ2) is 6.83. The minimum Gasteiger partial charge on any atom is -0.493 e. The molecule has 0 aliphatic heterocycles. The van der Waals surface area contributed by atoms with Gasteiger partial charge >= 0.3 is 10.3 Å². The Kier molecular flexibility index (Phi) is 4.85. The summed E-state index contributed by atoms with van der Waals surface area (Å²) in [7, 11) is -2.69. The smallest absolute Gasteiger partial charge is 0.380 e. The van der Waals surface area contributed by atoms with Crippen LogP contribution in [0.2, 0.25) is 0 Å². The highest BCUT2D eigenvalue weighted by molar-refractivity contribution is 7.84. The van der Waals surface area contributed by atoms with Gasteiger partial charge in [-0.1, -0.05) is 6.92 Å². The van der Waals surface area contributed by atoms with Crippen molar-refractivity contribution in [1.29, 1.82) is 0 Å². The highest BCUT2D eigenvalue weighted by atomic mass is 32.2. The highest BCUT2D eigenvalue weighted by Gasteiger charge is 2.57. The molecule has 4 rings (SSSR count). The third-order valence-electron chi connectivity index (χ3n) is 7.59. The molecule has 0 aromatic heterocycles. The second-order valence-electron chi connectivity index (χ2n) is 8.76. The van der Waals surface area contributed by atoms with Gasteiger partial charge in [0.2, 0.25) is 6.43 Å². The molecule has 0 radical (unpaired) electrons. The van der Waals surface area contributed by atoms with Crippen LogP contribution < -0.4 is 14.1 Å². The first kappa shape index (κ1) is 19.9. The van der Waals surface area contributed by atoms with Gasteiger partial charge in [-0.2, -0.15) is 13.6 Å². The van der Waals surface area contributed by atoms with Crippen LogP contribution in [0.15, 0.2) is 12.1 Å². The number of ether oxygens (including phenoxy) is 1. The molecule has 1 aromatic rings. The predicted octanol–water partition coefficient (Wildman–Crippen LogP) is 4.01. The molecule has 0 saturated heterocycles. The van der Waals surface area contributed by atoms with Crippen LogP contribution in [-0.4, -0.2) is 22.0 Å². The molecule has 0 spiro atoms. The summed E-state index contributed by atoms with van der Waals surface area (Å²) in [5.74, 6) is 0.908. The van der Waals surface area contributed by atoms with E-state index in [9.17, 15) is 17.2 Å². The minimum atomic E-state index is -4.14. The Balaban J connectivity index is 1.68. The second-order valence-corrected chi connectivity index (χ2v) is 9.91. The van der Waals surface area contributed by atoms with E-state index in [0.717, 1.165) is 43.2 Å². The van der Waals surface area contributed by atoms with Gasteiger partial charge in [0.05, 0.1) is 7.11 Å². The summed E-state index contributed by atoms with van der Waals surface area (Å²) < 4.78 is 60.2. The van der Waals surface area contributed by atoms with Crippen LogP contribution >= 0.6 is 0 Å². The minimum absolute atomic E-state index is 0.0986. The molecule has 156 valence electrons. The van der Waals surface area contributed by atoms with E-state index in [0.29, 0.717) is 24.0 Å². The molecule has 2 saturated carbocycles. The maximum atomic E-state index is 13.6. The highest BCUT2D eigenvalue weighted by Crippen LogP contribution is 2.64. The molecule has 0 heterocycles. The lowest BCUT2D eigenvalue weighted by Crippen LogP contribution is -2.43. The van der Waals surface area contributed by atoms with Crippen molar-refractivity contribution in [2.45, 2.75) is 57.8 Å².